The Hall–Kier alpha value is -2.87. The molecule has 1 atom stereocenters. The predicted octanol–water partition coefficient (Wildman–Crippen LogP) is 3.01. The van der Waals surface area contributed by atoms with Gasteiger partial charge in [0.2, 0.25) is 0 Å². The van der Waals surface area contributed by atoms with E-state index in [9.17, 15) is 4.79 Å². The van der Waals surface area contributed by atoms with Gasteiger partial charge in [0.05, 0.1) is 25.2 Å². The molecule has 1 aromatic heterocycles. The molecule has 8 nitrogen and oxygen atoms in total. The van der Waals surface area contributed by atoms with Crippen molar-refractivity contribution in [1.29, 1.82) is 0 Å². The third-order valence-electron chi connectivity index (χ3n) is 6.84. The van der Waals surface area contributed by atoms with Crippen molar-refractivity contribution in [2.45, 2.75) is 38.8 Å². The number of piperazine rings is 1. The molecule has 33 heavy (non-hydrogen) atoms. The molecule has 1 aromatic carbocycles. The zero-order valence-corrected chi connectivity index (χ0v) is 19.8. The summed E-state index contributed by atoms with van der Waals surface area (Å²) in [7, 11) is 1.56. The van der Waals surface area contributed by atoms with E-state index in [2.05, 4.69) is 62.3 Å². The normalized spacial score (nSPS) is 20.0. The lowest BCUT2D eigenvalue weighted by molar-refractivity contribution is 0.162. The van der Waals surface area contributed by atoms with Crippen LogP contribution in [0.25, 0.3) is 0 Å². The number of anilines is 1. The first-order valence-electron chi connectivity index (χ1n) is 12.0. The Bertz CT molecular complexity index is 870. The second-order valence-corrected chi connectivity index (χ2v) is 9.14. The van der Waals surface area contributed by atoms with Crippen LogP contribution >= 0.6 is 0 Å². The number of carbonyl (C=O) groups excluding carboxylic acids is 1. The van der Waals surface area contributed by atoms with Gasteiger partial charge in [-0.3, -0.25) is 4.90 Å². The Labute approximate surface area is 196 Å². The number of methoxy groups -OCH3 is 1. The van der Waals surface area contributed by atoms with E-state index in [-0.39, 0.29) is 12.1 Å². The number of rotatable bonds is 7. The van der Waals surface area contributed by atoms with E-state index in [0.717, 1.165) is 51.4 Å². The average Bonchev–Trinajstić information content (AvgIpc) is 2.85. The summed E-state index contributed by atoms with van der Waals surface area (Å²) in [6.45, 7) is 8.40. The fourth-order valence-corrected chi connectivity index (χ4v) is 4.83. The van der Waals surface area contributed by atoms with Crippen LogP contribution in [-0.2, 0) is 6.54 Å². The number of piperidine rings is 1. The number of amides is 2. The molecule has 178 valence electrons. The van der Waals surface area contributed by atoms with Crippen LogP contribution in [0.1, 0.15) is 31.7 Å². The first-order chi connectivity index (χ1) is 16.1. The summed E-state index contributed by atoms with van der Waals surface area (Å²) in [6.07, 6.45) is 7.03. The molecule has 2 amide bonds. The SMILES string of the molecule is COc1ncc(N2CCN(C(=O)NCCC3CCN(Cc4ccccc4)CC3)[C@H](C)C2)cn1. The second-order valence-electron chi connectivity index (χ2n) is 9.14. The predicted molar refractivity (Wildman–Crippen MR) is 129 cm³/mol. The van der Waals surface area contributed by atoms with Gasteiger partial charge in [-0.15, -0.1) is 0 Å². The highest BCUT2D eigenvalue weighted by Crippen LogP contribution is 2.22. The Morgan fingerprint density at radius 3 is 2.48 bits per heavy atom. The van der Waals surface area contributed by atoms with Crippen LogP contribution in [-0.4, -0.2) is 78.2 Å². The Kier molecular flexibility index (Phi) is 7.99. The molecule has 2 aliphatic rings. The van der Waals surface area contributed by atoms with Crippen LogP contribution in [0.5, 0.6) is 6.01 Å². The van der Waals surface area contributed by atoms with E-state index in [1.807, 2.05) is 4.90 Å². The molecule has 3 heterocycles. The number of aromatic nitrogens is 2. The lowest BCUT2D eigenvalue weighted by atomic mass is 9.93. The van der Waals surface area contributed by atoms with E-state index in [1.54, 1.807) is 19.5 Å². The molecule has 2 aromatic rings. The maximum Gasteiger partial charge on any atom is 0.317 e. The van der Waals surface area contributed by atoms with Crippen molar-refractivity contribution in [3.63, 3.8) is 0 Å². The molecule has 2 aliphatic heterocycles. The first kappa shape index (κ1) is 23.3. The number of urea groups is 1. The van der Waals surface area contributed by atoms with Crippen LogP contribution in [0.15, 0.2) is 42.7 Å². The van der Waals surface area contributed by atoms with E-state index in [4.69, 9.17) is 4.74 Å². The van der Waals surface area contributed by atoms with Crippen molar-refractivity contribution >= 4 is 11.7 Å². The van der Waals surface area contributed by atoms with Gasteiger partial charge in [0.25, 0.3) is 0 Å². The van der Waals surface area contributed by atoms with Gasteiger partial charge in [-0.25, -0.2) is 14.8 Å². The number of benzene rings is 1. The monoisotopic (exact) mass is 452 g/mol. The molecular formula is C25H36N6O2. The summed E-state index contributed by atoms with van der Waals surface area (Å²) in [6, 6.07) is 11.2. The quantitative estimate of drug-likeness (QED) is 0.696. The molecule has 0 unspecified atom stereocenters. The van der Waals surface area contributed by atoms with Crippen LogP contribution in [0.2, 0.25) is 0 Å². The van der Waals surface area contributed by atoms with E-state index < -0.39 is 0 Å². The largest absolute Gasteiger partial charge is 0.467 e. The number of nitrogens with zero attached hydrogens (tertiary/aromatic N) is 5. The van der Waals surface area contributed by atoms with Crippen molar-refractivity contribution in [2.75, 3.05) is 51.3 Å². The summed E-state index contributed by atoms with van der Waals surface area (Å²) in [4.78, 5) is 27.9. The smallest absolute Gasteiger partial charge is 0.317 e. The summed E-state index contributed by atoms with van der Waals surface area (Å²) >= 11 is 0. The van der Waals surface area contributed by atoms with E-state index in [0.29, 0.717) is 18.5 Å². The molecule has 0 aliphatic carbocycles. The lowest BCUT2D eigenvalue weighted by Gasteiger charge is -2.40. The van der Waals surface area contributed by atoms with Gasteiger partial charge in [-0.2, -0.15) is 0 Å². The lowest BCUT2D eigenvalue weighted by Crippen LogP contribution is -2.56. The minimum Gasteiger partial charge on any atom is -0.467 e. The van der Waals surface area contributed by atoms with Crippen molar-refractivity contribution < 1.29 is 9.53 Å². The molecule has 2 fully saturated rings. The minimum absolute atomic E-state index is 0.0506. The molecule has 8 heteroatoms. The maximum atomic E-state index is 12.8. The number of likely N-dealkylation sites (tertiary alicyclic amines) is 1. The van der Waals surface area contributed by atoms with Gasteiger partial charge in [0, 0.05) is 38.8 Å². The van der Waals surface area contributed by atoms with Crippen LogP contribution in [0.3, 0.4) is 0 Å². The van der Waals surface area contributed by atoms with Crippen molar-refractivity contribution in [2.24, 2.45) is 5.92 Å². The highest BCUT2D eigenvalue weighted by Gasteiger charge is 2.28. The van der Waals surface area contributed by atoms with Crippen LogP contribution in [0, 0.1) is 5.92 Å². The van der Waals surface area contributed by atoms with Crippen LogP contribution in [0.4, 0.5) is 10.5 Å². The highest BCUT2D eigenvalue weighted by atomic mass is 16.5. The number of hydrogen-bond acceptors (Lipinski definition) is 6. The van der Waals surface area contributed by atoms with Gasteiger partial charge in [-0.05, 0) is 50.8 Å². The van der Waals surface area contributed by atoms with Crippen molar-refractivity contribution in [3.05, 3.63) is 48.3 Å². The van der Waals surface area contributed by atoms with Gasteiger partial charge in [0.1, 0.15) is 0 Å². The van der Waals surface area contributed by atoms with Crippen molar-refractivity contribution in [1.82, 2.24) is 25.1 Å². The summed E-state index contributed by atoms with van der Waals surface area (Å²) in [5.41, 5.74) is 2.35. The molecule has 1 N–H and O–H groups in total. The maximum absolute atomic E-state index is 12.8. The molecule has 0 spiro atoms. The average molecular weight is 453 g/mol. The summed E-state index contributed by atoms with van der Waals surface area (Å²) < 4.78 is 5.03. The van der Waals surface area contributed by atoms with Gasteiger partial charge in [-0.1, -0.05) is 30.3 Å². The molecule has 2 saturated heterocycles. The number of carbonyl (C=O) groups is 1. The zero-order valence-electron chi connectivity index (χ0n) is 19.8. The number of hydrogen-bond donors (Lipinski definition) is 1. The van der Waals surface area contributed by atoms with Crippen molar-refractivity contribution in [3.8, 4) is 6.01 Å². The Morgan fingerprint density at radius 2 is 1.82 bits per heavy atom. The molecular weight excluding hydrogens is 416 g/mol. The van der Waals surface area contributed by atoms with E-state index >= 15 is 0 Å². The topological polar surface area (TPSA) is 73.8 Å². The van der Waals surface area contributed by atoms with Gasteiger partial charge >= 0.3 is 12.0 Å². The molecule has 0 radical (unpaired) electrons. The van der Waals surface area contributed by atoms with Gasteiger partial charge < -0.3 is 19.9 Å². The number of ether oxygens (including phenoxy) is 1. The highest BCUT2D eigenvalue weighted by molar-refractivity contribution is 5.75. The zero-order chi connectivity index (χ0) is 23.0. The Morgan fingerprint density at radius 1 is 1.09 bits per heavy atom. The summed E-state index contributed by atoms with van der Waals surface area (Å²) in [5.74, 6) is 0.696. The first-order valence-corrected chi connectivity index (χ1v) is 12.0. The molecule has 0 bridgehead atoms. The fourth-order valence-electron chi connectivity index (χ4n) is 4.83. The molecule has 0 saturated carbocycles. The molecule has 4 rings (SSSR count). The number of nitrogens with one attached hydrogen (secondary N) is 1. The standard InChI is InChI=1S/C25H36N6O2/c1-20-18-30(23-16-27-24(33-2)28-17-23)14-15-31(20)25(32)26-11-8-21-9-12-29(13-10-21)19-22-6-4-3-5-7-22/h3-7,16-17,20-21H,8-15,18-19H2,1-2H3,(H,26,32)/t20-/m1/s1. The Balaban J connectivity index is 1.15. The second kappa shape index (κ2) is 11.3. The fraction of sp³-hybridized carbons (Fsp3) is 0.560. The third-order valence-corrected chi connectivity index (χ3v) is 6.84. The summed E-state index contributed by atoms with van der Waals surface area (Å²) in [5, 5.41) is 3.16. The third kappa shape index (κ3) is 6.35. The van der Waals surface area contributed by atoms with Crippen LogP contribution < -0.4 is 15.0 Å². The van der Waals surface area contributed by atoms with E-state index in [1.165, 1.54) is 18.4 Å². The van der Waals surface area contributed by atoms with Gasteiger partial charge in [0.15, 0.2) is 0 Å². The minimum atomic E-state index is 0.0506.